The zero-order chi connectivity index (χ0) is 12.8. The summed E-state index contributed by atoms with van der Waals surface area (Å²) in [5, 5.41) is 0. The lowest BCUT2D eigenvalue weighted by atomic mass is 10.3. The predicted molar refractivity (Wildman–Crippen MR) is 84.9 cm³/mol. The molecule has 0 aliphatic rings. The van der Waals surface area contributed by atoms with E-state index in [1.165, 1.54) is 11.4 Å². The van der Waals surface area contributed by atoms with Gasteiger partial charge in [0.15, 0.2) is 0 Å². The predicted octanol–water partition coefficient (Wildman–Crippen LogP) is 4.47. The van der Waals surface area contributed by atoms with Crippen LogP contribution in [-0.2, 0) is 0 Å². The normalized spacial score (nSPS) is 10.1. The van der Waals surface area contributed by atoms with Crippen molar-refractivity contribution in [2.45, 2.75) is 0 Å². The van der Waals surface area contributed by atoms with E-state index < -0.39 is 0 Å². The molecule has 0 N–H and O–H groups in total. The van der Waals surface area contributed by atoms with E-state index in [1.54, 1.807) is 22.0 Å². The number of benzene rings is 2. The summed E-state index contributed by atoms with van der Waals surface area (Å²) in [5.74, 6) is 0. The van der Waals surface area contributed by atoms with Crippen LogP contribution >= 0.6 is 22.0 Å². The fourth-order valence-electron chi connectivity index (χ4n) is 1.46. The van der Waals surface area contributed by atoms with Crippen LogP contribution in [0.3, 0.4) is 0 Å². The van der Waals surface area contributed by atoms with Gasteiger partial charge in [0.1, 0.15) is 0 Å². The van der Waals surface area contributed by atoms with Crippen molar-refractivity contribution in [3.8, 4) is 0 Å². The second kappa shape index (κ2) is 6.61. The number of hydrogen-bond acceptors (Lipinski definition) is 4. The maximum Gasteiger partial charge on any atom is 0.0475 e. The van der Waals surface area contributed by atoms with Crippen LogP contribution in [0, 0.1) is 0 Å². The first-order valence-electron chi connectivity index (χ1n) is 5.69. The minimum absolute atomic E-state index is 1.21. The maximum absolute atomic E-state index is 2.16. The van der Waals surface area contributed by atoms with Crippen LogP contribution in [0.1, 0.15) is 0 Å². The lowest BCUT2D eigenvalue weighted by molar-refractivity contribution is 1.36. The molecule has 2 nitrogen and oxygen atoms in total. The van der Waals surface area contributed by atoms with Gasteiger partial charge in [-0.15, -0.1) is 0 Å². The second-order valence-electron chi connectivity index (χ2n) is 3.82. The summed E-state index contributed by atoms with van der Waals surface area (Å²) >= 11 is 0. The number of nitrogens with zero attached hydrogens (tertiary/aromatic N) is 2. The molecule has 0 unspecified atom stereocenters. The summed E-state index contributed by atoms with van der Waals surface area (Å²) in [5.41, 5.74) is 2.41. The minimum Gasteiger partial charge on any atom is -0.309 e. The van der Waals surface area contributed by atoms with Gasteiger partial charge in [0.25, 0.3) is 0 Å². The standard InChI is InChI=1S/C14H16N2S2/c1-15(13-9-5-3-6-10-13)17-18-16(2)14-11-7-4-8-12-14/h3-12H,1-2H3. The second-order valence-corrected chi connectivity index (χ2v) is 6.10. The number of anilines is 2. The fourth-order valence-corrected chi connectivity index (χ4v) is 3.19. The molecule has 94 valence electrons. The first kappa shape index (κ1) is 13.2. The third-order valence-electron chi connectivity index (χ3n) is 2.50. The lowest BCUT2D eigenvalue weighted by Crippen LogP contribution is -2.09. The first-order chi connectivity index (χ1) is 8.77. The molecule has 0 heterocycles. The van der Waals surface area contributed by atoms with Crippen molar-refractivity contribution >= 4 is 33.3 Å². The Bertz CT molecular complexity index is 416. The first-order valence-corrected chi connectivity index (χ1v) is 7.76. The molecule has 0 radical (unpaired) electrons. The highest BCUT2D eigenvalue weighted by atomic mass is 33.1. The molecule has 0 aromatic heterocycles. The molecular weight excluding hydrogens is 260 g/mol. The molecule has 2 aromatic carbocycles. The van der Waals surface area contributed by atoms with E-state index in [1.807, 2.05) is 12.1 Å². The van der Waals surface area contributed by atoms with Crippen molar-refractivity contribution < 1.29 is 0 Å². The van der Waals surface area contributed by atoms with E-state index in [-0.39, 0.29) is 0 Å². The SMILES string of the molecule is CN(SSN(C)c1ccccc1)c1ccccc1. The summed E-state index contributed by atoms with van der Waals surface area (Å²) in [7, 11) is 7.57. The topological polar surface area (TPSA) is 6.48 Å². The Labute approximate surface area is 117 Å². The largest absolute Gasteiger partial charge is 0.309 e. The molecule has 4 heteroatoms. The average molecular weight is 276 g/mol. The molecule has 2 aromatic rings. The highest BCUT2D eigenvalue weighted by molar-refractivity contribution is 8.77. The van der Waals surface area contributed by atoms with Crippen molar-refractivity contribution in [2.24, 2.45) is 0 Å². The molecule has 0 amide bonds. The van der Waals surface area contributed by atoms with Crippen LogP contribution in [0.4, 0.5) is 11.4 Å². The summed E-state index contributed by atoms with van der Waals surface area (Å²) < 4.78 is 4.31. The van der Waals surface area contributed by atoms with Crippen molar-refractivity contribution in [3.63, 3.8) is 0 Å². The van der Waals surface area contributed by atoms with Gasteiger partial charge >= 0.3 is 0 Å². The molecule has 0 aliphatic heterocycles. The van der Waals surface area contributed by atoms with Gasteiger partial charge < -0.3 is 8.61 Å². The third kappa shape index (κ3) is 3.62. The fraction of sp³-hybridized carbons (Fsp3) is 0.143. The van der Waals surface area contributed by atoms with Gasteiger partial charge in [0.2, 0.25) is 0 Å². The van der Waals surface area contributed by atoms with Crippen LogP contribution in [-0.4, -0.2) is 14.1 Å². The highest BCUT2D eigenvalue weighted by Gasteiger charge is 2.05. The molecule has 18 heavy (non-hydrogen) atoms. The molecule has 0 aliphatic carbocycles. The van der Waals surface area contributed by atoms with E-state index in [2.05, 4.69) is 71.2 Å². The smallest absolute Gasteiger partial charge is 0.0475 e. The summed E-state index contributed by atoms with van der Waals surface area (Å²) in [6, 6.07) is 20.7. The summed E-state index contributed by atoms with van der Waals surface area (Å²) in [4.78, 5) is 0. The Morgan fingerprint density at radius 1 is 0.611 bits per heavy atom. The monoisotopic (exact) mass is 276 g/mol. The van der Waals surface area contributed by atoms with E-state index in [4.69, 9.17) is 0 Å². The van der Waals surface area contributed by atoms with Gasteiger partial charge in [0, 0.05) is 47.4 Å². The molecular formula is C14H16N2S2. The van der Waals surface area contributed by atoms with Gasteiger partial charge in [-0.1, -0.05) is 36.4 Å². The van der Waals surface area contributed by atoms with Gasteiger partial charge in [-0.3, -0.25) is 0 Å². The minimum atomic E-state index is 1.21. The molecule has 0 saturated carbocycles. The van der Waals surface area contributed by atoms with Crippen molar-refractivity contribution in [3.05, 3.63) is 60.7 Å². The molecule has 0 spiro atoms. The van der Waals surface area contributed by atoms with Crippen LogP contribution in [0.15, 0.2) is 60.7 Å². The third-order valence-corrected chi connectivity index (χ3v) is 4.97. The zero-order valence-electron chi connectivity index (χ0n) is 10.5. The molecule has 0 atom stereocenters. The molecule has 0 bridgehead atoms. The highest BCUT2D eigenvalue weighted by Crippen LogP contribution is 2.34. The van der Waals surface area contributed by atoms with Crippen molar-refractivity contribution in [1.82, 2.24) is 0 Å². The van der Waals surface area contributed by atoms with E-state index >= 15 is 0 Å². The Hall–Kier alpha value is -1.26. The van der Waals surface area contributed by atoms with Gasteiger partial charge in [-0.25, -0.2) is 0 Å². The maximum atomic E-state index is 2.16. The van der Waals surface area contributed by atoms with Crippen LogP contribution < -0.4 is 8.61 Å². The Balaban J connectivity index is 1.89. The van der Waals surface area contributed by atoms with Crippen molar-refractivity contribution in [2.75, 3.05) is 22.7 Å². The average Bonchev–Trinajstić information content (AvgIpc) is 2.46. The Morgan fingerprint density at radius 2 is 0.944 bits per heavy atom. The Morgan fingerprint density at radius 3 is 1.28 bits per heavy atom. The number of rotatable bonds is 5. The van der Waals surface area contributed by atoms with Gasteiger partial charge in [-0.05, 0) is 24.3 Å². The van der Waals surface area contributed by atoms with Crippen LogP contribution in [0.2, 0.25) is 0 Å². The van der Waals surface area contributed by atoms with Crippen LogP contribution in [0.25, 0.3) is 0 Å². The number of hydrogen-bond donors (Lipinski definition) is 0. The quantitative estimate of drug-likeness (QED) is 0.587. The van der Waals surface area contributed by atoms with Gasteiger partial charge in [-0.2, -0.15) is 0 Å². The van der Waals surface area contributed by atoms with Crippen molar-refractivity contribution in [1.29, 1.82) is 0 Å². The van der Waals surface area contributed by atoms with Gasteiger partial charge in [0.05, 0.1) is 0 Å². The summed E-state index contributed by atoms with van der Waals surface area (Å²) in [6.45, 7) is 0. The van der Waals surface area contributed by atoms with Crippen LogP contribution in [0.5, 0.6) is 0 Å². The van der Waals surface area contributed by atoms with E-state index in [0.29, 0.717) is 0 Å². The Kier molecular flexibility index (Phi) is 4.84. The van der Waals surface area contributed by atoms with E-state index in [0.717, 1.165) is 0 Å². The molecule has 0 fully saturated rings. The lowest BCUT2D eigenvalue weighted by Gasteiger charge is -2.22. The molecule has 2 rings (SSSR count). The number of para-hydroxylation sites is 2. The summed E-state index contributed by atoms with van der Waals surface area (Å²) in [6.07, 6.45) is 0. The van der Waals surface area contributed by atoms with E-state index in [9.17, 15) is 0 Å². The molecule has 0 saturated heterocycles. The zero-order valence-corrected chi connectivity index (χ0v) is 12.1.